The van der Waals surface area contributed by atoms with Gasteiger partial charge in [-0.05, 0) is 0 Å². The van der Waals surface area contributed by atoms with Crippen LogP contribution in [0.15, 0.2) is 0 Å². The number of rotatable bonds is 3. The van der Waals surface area contributed by atoms with E-state index in [9.17, 15) is 9.59 Å². The van der Waals surface area contributed by atoms with Gasteiger partial charge in [0.15, 0.2) is 0 Å². The van der Waals surface area contributed by atoms with Crippen molar-refractivity contribution in [1.29, 1.82) is 0 Å². The van der Waals surface area contributed by atoms with Crippen LogP contribution in [0.3, 0.4) is 0 Å². The third kappa shape index (κ3) is 15.7. The first-order valence-corrected chi connectivity index (χ1v) is 2.77. The Balaban J connectivity index is 0. The lowest BCUT2D eigenvalue weighted by atomic mass is 10.3. The molecule has 5 nitrogen and oxygen atoms in total. The molecule has 1 radical (unpaired) electrons. The SMILES string of the molecule is N[S].O=C(O)CCC(=O)O. The lowest BCUT2D eigenvalue weighted by molar-refractivity contribution is -0.143. The minimum atomic E-state index is -1.08. The molecule has 0 unspecified atom stereocenters. The van der Waals surface area contributed by atoms with Gasteiger partial charge in [0.25, 0.3) is 0 Å². The van der Waals surface area contributed by atoms with Crippen LogP contribution in [0.2, 0.25) is 0 Å². The highest BCUT2D eigenvalue weighted by Gasteiger charge is 2.00. The van der Waals surface area contributed by atoms with Crippen molar-refractivity contribution >= 4 is 24.8 Å². The average molecular weight is 166 g/mol. The molecular formula is C4H8NO4S. The summed E-state index contributed by atoms with van der Waals surface area (Å²) >= 11 is 3.58. The average Bonchev–Trinajstić information content (AvgIpc) is 1.89. The number of carbonyl (C=O) groups is 2. The number of hydrogen-bond acceptors (Lipinski definition) is 3. The standard InChI is InChI=1S/C4H6O4.H2NS/c5-3(6)1-2-4(7)8;1-2/h1-2H2,(H,5,6)(H,7,8);1H2. The van der Waals surface area contributed by atoms with Crippen molar-refractivity contribution < 1.29 is 19.8 Å². The molecule has 0 aliphatic heterocycles. The maximum atomic E-state index is 9.64. The van der Waals surface area contributed by atoms with Crippen LogP contribution in [0.4, 0.5) is 0 Å². The van der Waals surface area contributed by atoms with Crippen LogP contribution in [-0.4, -0.2) is 22.2 Å². The summed E-state index contributed by atoms with van der Waals surface area (Å²) in [5.41, 5.74) is 0. The molecule has 0 aromatic rings. The van der Waals surface area contributed by atoms with Crippen LogP contribution in [0.5, 0.6) is 0 Å². The van der Waals surface area contributed by atoms with Gasteiger partial charge < -0.3 is 10.2 Å². The normalized spacial score (nSPS) is 7.40. The number of nitrogens with two attached hydrogens (primary N) is 1. The van der Waals surface area contributed by atoms with Gasteiger partial charge in [0.05, 0.1) is 12.8 Å². The molecule has 6 heteroatoms. The third-order valence-corrected chi connectivity index (χ3v) is 0.553. The lowest BCUT2D eigenvalue weighted by Crippen LogP contribution is -2.00. The summed E-state index contributed by atoms with van der Waals surface area (Å²) in [5.74, 6) is -2.15. The van der Waals surface area contributed by atoms with E-state index in [0.29, 0.717) is 0 Å². The van der Waals surface area contributed by atoms with Crippen LogP contribution in [-0.2, 0) is 9.59 Å². The Bertz CT molecular complexity index is 102. The van der Waals surface area contributed by atoms with E-state index < -0.39 is 11.9 Å². The van der Waals surface area contributed by atoms with Gasteiger partial charge in [-0.2, -0.15) is 0 Å². The van der Waals surface area contributed by atoms with Crippen molar-refractivity contribution in [3.05, 3.63) is 0 Å². The Morgan fingerprint density at radius 1 is 1.10 bits per heavy atom. The molecule has 0 fully saturated rings. The number of aliphatic carboxylic acids is 2. The van der Waals surface area contributed by atoms with Crippen LogP contribution in [0, 0.1) is 0 Å². The van der Waals surface area contributed by atoms with Gasteiger partial charge in [-0.25, -0.2) is 0 Å². The molecule has 4 N–H and O–H groups in total. The van der Waals surface area contributed by atoms with Crippen LogP contribution >= 0.6 is 12.8 Å². The highest BCUT2D eigenvalue weighted by molar-refractivity contribution is 7.77. The van der Waals surface area contributed by atoms with E-state index in [1.807, 2.05) is 0 Å². The van der Waals surface area contributed by atoms with Gasteiger partial charge in [0, 0.05) is 12.8 Å². The lowest BCUT2D eigenvalue weighted by Gasteiger charge is -1.85. The minimum Gasteiger partial charge on any atom is -0.481 e. The number of carboxylic acids is 2. The predicted octanol–water partition coefficient (Wildman–Crippen LogP) is -0.00660. The molecule has 0 aliphatic rings. The van der Waals surface area contributed by atoms with Crippen molar-refractivity contribution in [1.82, 2.24) is 0 Å². The van der Waals surface area contributed by atoms with Gasteiger partial charge in [0.1, 0.15) is 0 Å². The van der Waals surface area contributed by atoms with Gasteiger partial charge in [0.2, 0.25) is 0 Å². The molecule has 0 aromatic carbocycles. The van der Waals surface area contributed by atoms with Crippen molar-refractivity contribution in [2.75, 3.05) is 0 Å². The van der Waals surface area contributed by atoms with E-state index in [4.69, 9.17) is 10.2 Å². The Morgan fingerprint density at radius 2 is 1.30 bits per heavy atom. The number of hydrogen-bond donors (Lipinski definition) is 3. The summed E-state index contributed by atoms with van der Waals surface area (Å²) < 4.78 is 0. The molecule has 0 saturated carbocycles. The fourth-order valence-electron chi connectivity index (χ4n) is 0.214. The Labute approximate surface area is 63.4 Å². The molecular weight excluding hydrogens is 158 g/mol. The van der Waals surface area contributed by atoms with Crippen molar-refractivity contribution in [3.8, 4) is 0 Å². The summed E-state index contributed by atoms with van der Waals surface area (Å²) in [7, 11) is 0. The zero-order valence-electron chi connectivity index (χ0n) is 5.11. The van der Waals surface area contributed by atoms with Gasteiger partial charge >= 0.3 is 11.9 Å². The molecule has 0 atom stereocenters. The first-order valence-electron chi connectivity index (χ1n) is 2.30. The Morgan fingerprint density at radius 3 is 1.40 bits per heavy atom. The van der Waals surface area contributed by atoms with Gasteiger partial charge in [-0.15, -0.1) is 0 Å². The Kier molecular flexibility index (Phi) is 9.88. The van der Waals surface area contributed by atoms with Crippen LogP contribution in [0.1, 0.15) is 12.8 Å². The second-order valence-corrected chi connectivity index (χ2v) is 1.29. The van der Waals surface area contributed by atoms with Gasteiger partial charge in [-0.3, -0.25) is 14.7 Å². The summed E-state index contributed by atoms with van der Waals surface area (Å²) in [6, 6.07) is 0. The summed E-state index contributed by atoms with van der Waals surface area (Å²) in [6.07, 6.45) is -0.593. The molecule has 10 heavy (non-hydrogen) atoms. The maximum absolute atomic E-state index is 9.64. The monoisotopic (exact) mass is 166 g/mol. The zero-order chi connectivity index (χ0) is 8.57. The predicted molar refractivity (Wildman–Crippen MR) is 36.3 cm³/mol. The van der Waals surface area contributed by atoms with E-state index in [2.05, 4.69) is 18.0 Å². The maximum Gasteiger partial charge on any atom is 0.303 e. The summed E-state index contributed by atoms with van der Waals surface area (Å²) in [5, 5.41) is 19.9. The fourth-order valence-corrected chi connectivity index (χ4v) is 0.214. The molecule has 0 rings (SSSR count). The van der Waals surface area contributed by atoms with E-state index >= 15 is 0 Å². The quantitative estimate of drug-likeness (QED) is 0.547. The van der Waals surface area contributed by atoms with E-state index in [0.717, 1.165) is 0 Å². The third-order valence-electron chi connectivity index (χ3n) is 0.553. The second kappa shape index (κ2) is 8.25. The summed E-state index contributed by atoms with van der Waals surface area (Å²) in [6.45, 7) is 0. The zero-order valence-corrected chi connectivity index (χ0v) is 5.93. The smallest absolute Gasteiger partial charge is 0.303 e. The molecule has 0 aliphatic carbocycles. The minimum absolute atomic E-state index is 0.296. The van der Waals surface area contributed by atoms with E-state index in [1.54, 1.807) is 0 Å². The summed E-state index contributed by atoms with van der Waals surface area (Å²) in [4.78, 5) is 19.3. The van der Waals surface area contributed by atoms with Crippen molar-refractivity contribution in [2.24, 2.45) is 5.14 Å². The molecule has 0 bridgehead atoms. The van der Waals surface area contributed by atoms with Crippen molar-refractivity contribution in [2.45, 2.75) is 12.8 Å². The molecule has 59 valence electrons. The molecule has 0 amide bonds. The topological polar surface area (TPSA) is 101 Å². The molecule has 0 heterocycles. The second-order valence-electron chi connectivity index (χ2n) is 1.29. The largest absolute Gasteiger partial charge is 0.481 e. The highest BCUT2D eigenvalue weighted by Crippen LogP contribution is 1.85. The fraction of sp³-hybridized carbons (Fsp3) is 0.500. The first-order chi connectivity index (χ1) is 4.63. The molecule has 0 saturated heterocycles. The van der Waals surface area contributed by atoms with E-state index in [1.165, 1.54) is 0 Å². The molecule has 0 aromatic heterocycles. The van der Waals surface area contributed by atoms with Crippen LogP contribution in [0.25, 0.3) is 0 Å². The van der Waals surface area contributed by atoms with Crippen molar-refractivity contribution in [3.63, 3.8) is 0 Å². The van der Waals surface area contributed by atoms with Gasteiger partial charge in [-0.1, -0.05) is 0 Å². The highest BCUT2D eigenvalue weighted by atomic mass is 32.1. The number of carboxylic acid groups (broad SMARTS) is 2. The van der Waals surface area contributed by atoms with E-state index in [-0.39, 0.29) is 12.8 Å². The Hall–Kier alpha value is -0.750. The first kappa shape index (κ1) is 12.0. The molecule has 0 spiro atoms. The van der Waals surface area contributed by atoms with Crippen LogP contribution < -0.4 is 5.14 Å².